The first kappa shape index (κ1) is 14.6. The molecule has 2 saturated carbocycles. The Bertz CT molecular complexity index is 595. The van der Waals surface area contributed by atoms with Crippen molar-refractivity contribution in [3.63, 3.8) is 0 Å². The van der Waals surface area contributed by atoms with E-state index in [2.05, 4.69) is 19.9 Å². The van der Waals surface area contributed by atoms with Gasteiger partial charge >= 0.3 is 0 Å². The van der Waals surface area contributed by atoms with Crippen LogP contribution in [0.5, 0.6) is 5.75 Å². The molecule has 3 aliphatic carbocycles. The van der Waals surface area contributed by atoms with Crippen LogP contribution in [0.1, 0.15) is 63.5 Å². The number of aliphatic hydroxyl groups is 1. The van der Waals surface area contributed by atoms with E-state index >= 15 is 0 Å². The normalized spacial score (nSPS) is 43.3. The van der Waals surface area contributed by atoms with E-state index in [-0.39, 0.29) is 11.5 Å². The Kier molecular flexibility index (Phi) is 3.14. The van der Waals surface area contributed by atoms with Gasteiger partial charge in [-0.05, 0) is 84.5 Å². The molecule has 22 heavy (non-hydrogen) atoms. The largest absolute Gasteiger partial charge is 0.508 e. The van der Waals surface area contributed by atoms with Gasteiger partial charge in [0.1, 0.15) is 5.75 Å². The minimum absolute atomic E-state index is 0.0893. The van der Waals surface area contributed by atoms with Crippen molar-refractivity contribution in [2.24, 2.45) is 17.3 Å². The van der Waals surface area contributed by atoms with Gasteiger partial charge in [0.05, 0.1) is 6.10 Å². The maximum absolute atomic E-state index is 10.3. The number of fused-ring (bicyclic) bond motifs is 5. The Balaban J connectivity index is 1.77. The third-order valence-corrected chi connectivity index (χ3v) is 7.53. The minimum atomic E-state index is -0.0893. The van der Waals surface area contributed by atoms with E-state index in [1.165, 1.54) is 36.8 Å². The summed E-state index contributed by atoms with van der Waals surface area (Å²) in [5, 5.41) is 20.1. The summed E-state index contributed by atoms with van der Waals surface area (Å²) in [6, 6.07) is 6.00. The second kappa shape index (κ2) is 4.74. The molecule has 0 spiro atoms. The van der Waals surface area contributed by atoms with Crippen molar-refractivity contribution in [1.29, 1.82) is 0 Å². The number of aryl methyl sites for hydroxylation is 1. The van der Waals surface area contributed by atoms with Gasteiger partial charge in [-0.25, -0.2) is 0 Å². The van der Waals surface area contributed by atoms with Crippen molar-refractivity contribution in [2.45, 2.75) is 70.3 Å². The quantitative estimate of drug-likeness (QED) is 0.817. The number of aromatic hydroxyl groups is 1. The van der Waals surface area contributed by atoms with E-state index in [0.717, 1.165) is 19.3 Å². The van der Waals surface area contributed by atoms with Crippen LogP contribution < -0.4 is 0 Å². The van der Waals surface area contributed by atoms with Crippen LogP contribution in [0, 0.1) is 17.3 Å². The lowest BCUT2D eigenvalue weighted by Crippen LogP contribution is -2.49. The predicted molar refractivity (Wildman–Crippen MR) is 88.0 cm³/mol. The standard InChI is InChI=1S/C20H28O2/c1-3-20-9-8-19(2)16-7-5-14(21)10-13(16)4-6-17(19)18(20)11-15(22)12-20/h5,7,10,15,17-18,21-22H,3-4,6,8-9,11-12H2,1-2H3/t15-,17-,18-,19+,20+/m0/s1. The fourth-order valence-electron chi connectivity index (χ4n) is 6.36. The summed E-state index contributed by atoms with van der Waals surface area (Å²) in [6.45, 7) is 4.76. The number of hydrogen-bond acceptors (Lipinski definition) is 2. The summed E-state index contributed by atoms with van der Waals surface area (Å²) in [7, 11) is 0. The topological polar surface area (TPSA) is 40.5 Å². The Hall–Kier alpha value is -1.02. The molecule has 0 bridgehead atoms. The lowest BCUT2D eigenvalue weighted by molar-refractivity contribution is -0.000642. The third-order valence-electron chi connectivity index (χ3n) is 7.53. The zero-order valence-electron chi connectivity index (χ0n) is 13.8. The van der Waals surface area contributed by atoms with Crippen LogP contribution in [0.15, 0.2) is 18.2 Å². The molecule has 0 amide bonds. The maximum atomic E-state index is 10.3. The van der Waals surface area contributed by atoms with Gasteiger partial charge in [-0.15, -0.1) is 0 Å². The van der Waals surface area contributed by atoms with Crippen LogP contribution in [0.2, 0.25) is 0 Å². The molecule has 0 unspecified atom stereocenters. The van der Waals surface area contributed by atoms with Crippen LogP contribution in [0.4, 0.5) is 0 Å². The van der Waals surface area contributed by atoms with Crippen LogP contribution in [0.3, 0.4) is 0 Å². The molecule has 5 atom stereocenters. The summed E-state index contributed by atoms with van der Waals surface area (Å²) in [5.74, 6) is 1.76. The van der Waals surface area contributed by atoms with E-state index in [0.29, 0.717) is 23.0 Å². The van der Waals surface area contributed by atoms with Crippen LogP contribution in [-0.2, 0) is 11.8 Å². The van der Waals surface area contributed by atoms with Crippen molar-refractivity contribution >= 4 is 0 Å². The fraction of sp³-hybridized carbons (Fsp3) is 0.700. The fourth-order valence-corrected chi connectivity index (χ4v) is 6.36. The van der Waals surface area contributed by atoms with Gasteiger partial charge < -0.3 is 10.2 Å². The zero-order chi connectivity index (χ0) is 15.5. The molecule has 4 rings (SSSR count). The molecule has 0 aromatic heterocycles. The van der Waals surface area contributed by atoms with Crippen LogP contribution in [-0.4, -0.2) is 16.3 Å². The Morgan fingerprint density at radius 1 is 1.23 bits per heavy atom. The van der Waals surface area contributed by atoms with Gasteiger partial charge in [0.15, 0.2) is 0 Å². The van der Waals surface area contributed by atoms with Gasteiger partial charge in [-0.1, -0.05) is 26.3 Å². The summed E-state index contributed by atoms with van der Waals surface area (Å²) in [4.78, 5) is 0. The second-order valence-corrected chi connectivity index (χ2v) is 8.32. The van der Waals surface area contributed by atoms with Crippen molar-refractivity contribution in [1.82, 2.24) is 0 Å². The molecule has 120 valence electrons. The van der Waals surface area contributed by atoms with Gasteiger partial charge in [-0.2, -0.15) is 0 Å². The van der Waals surface area contributed by atoms with Crippen LogP contribution >= 0.6 is 0 Å². The average molecular weight is 300 g/mol. The lowest BCUT2D eigenvalue weighted by atomic mass is 9.48. The molecule has 0 radical (unpaired) electrons. The summed E-state index contributed by atoms with van der Waals surface area (Å²) in [5.41, 5.74) is 3.43. The van der Waals surface area contributed by atoms with Gasteiger partial charge in [0.2, 0.25) is 0 Å². The van der Waals surface area contributed by atoms with Crippen molar-refractivity contribution < 1.29 is 10.2 Å². The van der Waals surface area contributed by atoms with Crippen molar-refractivity contribution in [3.05, 3.63) is 29.3 Å². The Labute approximate surface area is 133 Å². The molecule has 2 fully saturated rings. The monoisotopic (exact) mass is 300 g/mol. The molecule has 2 nitrogen and oxygen atoms in total. The summed E-state index contributed by atoms with van der Waals surface area (Å²) in [6.07, 6.45) is 7.91. The first-order valence-corrected chi connectivity index (χ1v) is 8.99. The number of benzene rings is 1. The lowest BCUT2D eigenvalue weighted by Gasteiger charge is -2.56. The summed E-state index contributed by atoms with van der Waals surface area (Å²) < 4.78 is 0. The highest BCUT2D eigenvalue weighted by molar-refractivity contribution is 5.43. The number of phenolic OH excluding ortho intramolecular Hbond substituents is 1. The molecule has 0 aliphatic heterocycles. The molecular weight excluding hydrogens is 272 g/mol. The van der Waals surface area contributed by atoms with E-state index in [1.807, 2.05) is 12.1 Å². The SMILES string of the molecule is CC[C@]12CC[C@]3(C)c4ccc(O)cc4CC[C@H]3[C@@H]1C[C@H](O)C2. The number of phenols is 1. The second-order valence-electron chi connectivity index (χ2n) is 8.32. The van der Waals surface area contributed by atoms with Crippen molar-refractivity contribution in [2.75, 3.05) is 0 Å². The molecule has 1 aromatic rings. The zero-order valence-corrected chi connectivity index (χ0v) is 13.8. The molecule has 0 saturated heterocycles. The smallest absolute Gasteiger partial charge is 0.115 e. The first-order chi connectivity index (χ1) is 10.5. The molecule has 1 aromatic carbocycles. The number of rotatable bonds is 1. The summed E-state index contributed by atoms with van der Waals surface area (Å²) >= 11 is 0. The van der Waals surface area contributed by atoms with E-state index in [9.17, 15) is 10.2 Å². The number of aliphatic hydroxyl groups excluding tert-OH is 1. The van der Waals surface area contributed by atoms with E-state index in [1.54, 1.807) is 0 Å². The van der Waals surface area contributed by atoms with Crippen LogP contribution in [0.25, 0.3) is 0 Å². The van der Waals surface area contributed by atoms with Gasteiger partial charge in [-0.3, -0.25) is 0 Å². The highest BCUT2D eigenvalue weighted by Gasteiger charge is 2.58. The molecule has 3 aliphatic rings. The highest BCUT2D eigenvalue weighted by Crippen LogP contribution is 2.64. The van der Waals surface area contributed by atoms with Gasteiger partial charge in [0, 0.05) is 0 Å². The maximum Gasteiger partial charge on any atom is 0.115 e. The molecule has 2 heteroatoms. The van der Waals surface area contributed by atoms with Crippen molar-refractivity contribution in [3.8, 4) is 5.75 Å². The number of hydrogen-bond donors (Lipinski definition) is 2. The third kappa shape index (κ3) is 1.83. The Morgan fingerprint density at radius 3 is 2.82 bits per heavy atom. The van der Waals surface area contributed by atoms with E-state index in [4.69, 9.17) is 0 Å². The molecular formula is C20H28O2. The highest BCUT2D eigenvalue weighted by atomic mass is 16.3. The Morgan fingerprint density at radius 2 is 2.05 bits per heavy atom. The van der Waals surface area contributed by atoms with Gasteiger partial charge in [0.25, 0.3) is 0 Å². The molecule has 2 N–H and O–H groups in total. The average Bonchev–Trinajstić information content (AvgIpc) is 2.83. The van der Waals surface area contributed by atoms with E-state index < -0.39 is 0 Å². The minimum Gasteiger partial charge on any atom is -0.508 e. The predicted octanol–water partition coefficient (Wildman–Crippen LogP) is 4.17. The molecule has 0 heterocycles. The first-order valence-electron chi connectivity index (χ1n) is 8.99.